The van der Waals surface area contributed by atoms with Crippen LogP contribution in [-0.2, 0) is 0 Å². The number of fused-ring (bicyclic) bond motifs is 5. The second-order valence-corrected chi connectivity index (χ2v) is 12.4. The minimum Gasteiger partial charge on any atom is -0.0628 e. The first kappa shape index (κ1) is 20.3. The first-order valence-electron chi connectivity index (χ1n) is 12.9. The van der Waals surface area contributed by atoms with Crippen LogP contribution in [0.25, 0.3) is 0 Å². The van der Waals surface area contributed by atoms with Crippen molar-refractivity contribution in [3.8, 4) is 0 Å². The molecule has 0 heteroatoms. The Hall–Kier alpha value is 0. The monoisotopic (exact) mass is 372 g/mol. The van der Waals surface area contributed by atoms with Gasteiger partial charge < -0.3 is 0 Å². The highest BCUT2D eigenvalue weighted by molar-refractivity contribution is 5.09. The molecule has 0 saturated heterocycles. The average Bonchev–Trinajstić information content (AvgIpc) is 2.98. The second kappa shape index (κ2) is 7.68. The maximum absolute atomic E-state index is 2.75. The van der Waals surface area contributed by atoms with Crippen LogP contribution in [0, 0.1) is 52.3 Å². The molecule has 0 aromatic carbocycles. The molecular formula is C27H48. The van der Waals surface area contributed by atoms with Gasteiger partial charge in [0.1, 0.15) is 0 Å². The summed E-state index contributed by atoms with van der Waals surface area (Å²) >= 11 is 0. The summed E-state index contributed by atoms with van der Waals surface area (Å²) in [6.45, 7) is 12.9. The van der Waals surface area contributed by atoms with E-state index < -0.39 is 0 Å². The first-order chi connectivity index (χ1) is 12.9. The smallest absolute Gasteiger partial charge is 0.0264 e. The quantitative estimate of drug-likeness (QED) is 0.453. The van der Waals surface area contributed by atoms with E-state index in [-0.39, 0.29) is 0 Å². The third-order valence-electron chi connectivity index (χ3n) is 10.8. The van der Waals surface area contributed by atoms with Crippen LogP contribution in [0.15, 0.2) is 0 Å². The molecular weight excluding hydrogens is 324 g/mol. The summed E-state index contributed by atoms with van der Waals surface area (Å²) in [5.41, 5.74) is 1.39. The van der Waals surface area contributed by atoms with Crippen LogP contribution in [0.4, 0.5) is 0 Å². The van der Waals surface area contributed by atoms with Crippen molar-refractivity contribution >= 4 is 0 Å². The van der Waals surface area contributed by atoms with E-state index in [9.17, 15) is 0 Å². The van der Waals surface area contributed by atoms with Crippen LogP contribution >= 0.6 is 0 Å². The zero-order valence-corrected chi connectivity index (χ0v) is 19.2. The second-order valence-electron chi connectivity index (χ2n) is 12.4. The van der Waals surface area contributed by atoms with Crippen LogP contribution in [0.3, 0.4) is 0 Å². The van der Waals surface area contributed by atoms with Crippen LogP contribution in [0.1, 0.15) is 118 Å². The molecule has 0 aromatic heterocycles. The van der Waals surface area contributed by atoms with E-state index in [1.165, 1.54) is 32.1 Å². The lowest BCUT2D eigenvalue weighted by molar-refractivity contribution is -0.114. The molecule has 0 aromatic rings. The fourth-order valence-electron chi connectivity index (χ4n) is 9.32. The van der Waals surface area contributed by atoms with Crippen molar-refractivity contribution in [1.82, 2.24) is 0 Å². The minimum absolute atomic E-state index is 0.677. The van der Waals surface area contributed by atoms with Gasteiger partial charge in [-0.2, -0.15) is 0 Å². The summed E-state index contributed by atoms with van der Waals surface area (Å²) < 4.78 is 0. The van der Waals surface area contributed by atoms with Crippen LogP contribution in [0.2, 0.25) is 0 Å². The van der Waals surface area contributed by atoms with E-state index >= 15 is 0 Å². The van der Waals surface area contributed by atoms with Gasteiger partial charge in [-0.05, 0) is 104 Å². The van der Waals surface area contributed by atoms with E-state index in [0.29, 0.717) is 10.8 Å². The number of rotatable bonds is 5. The molecule has 0 radical (unpaired) electrons. The van der Waals surface area contributed by atoms with Crippen molar-refractivity contribution in [2.24, 2.45) is 52.3 Å². The highest BCUT2D eigenvalue weighted by atomic mass is 14.6. The Balaban J connectivity index is 1.46. The highest BCUT2D eigenvalue weighted by Crippen LogP contribution is 2.68. The van der Waals surface area contributed by atoms with Gasteiger partial charge in [-0.25, -0.2) is 0 Å². The molecule has 4 fully saturated rings. The van der Waals surface area contributed by atoms with Gasteiger partial charge in [-0.15, -0.1) is 0 Å². The van der Waals surface area contributed by atoms with E-state index in [1.54, 1.807) is 51.4 Å². The maximum atomic E-state index is 2.75. The Morgan fingerprint density at radius 3 is 2.30 bits per heavy atom. The summed E-state index contributed by atoms with van der Waals surface area (Å²) in [6, 6.07) is 0. The molecule has 0 bridgehead atoms. The van der Waals surface area contributed by atoms with Gasteiger partial charge in [0.2, 0.25) is 0 Å². The molecule has 0 N–H and O–H groups in total. The van der Waals surface area contributed by atoms with Gasteiger partial charge in [-0.1, -0.05) is 66.7 Å². The lowest BCUT2D eigenvalue weighted by atomic mass is 9.44. The van der Waals surface area contributed by atoms with Gasteiger partial charge in [-0.3, -0.25) is 0 Å². The summed E-state index contributed by atoms with van der Waals surface area (Å²) in [5.74, 6) is 7.15. The first-order valence-corrected chi connectivity index (χ1v) is 12.9. The van der Waals surface area contributed by atoms with Crippen LogP contribution in [-0.4, -0.2) is 0 Å². The van der Waals surface area contributed by atoms with E-state index in [1.807, 2.05) is 0 Å². The molecule has 8 atom stereocenters. The predicted molar refractivity (Wildman–Crippen MR) is 118 cm³/mol. The normalized spacial score (nSPS) is 48.0. The molecule has 4 rings (SSSR count). The molecule has 0 amide bonds. The standard InChI is InChI=1S/C27H48/c1-19(2)9-8-10-20(3)23-14-15-24-22-13-12-21-11-6-7-17-26(21,4)25(22)16-18-27(23,24)5/h19-25H,6-18H2,1-5H3/t20?,21?,22?,23-,24?,25?,26+,27-/m1/s1. The Morgan fingerprint density at radius 1 is 0.741 bits per heavy atom. The van der Waals surface area contributed by atoms with Crippen molar-refractivity contribution < 1.29 is 0 Å². The third-order valence-corrected chi connectivity index (χ3v) is 10.8. The molecule has 0 spiro atoms. The lowest BCUT2D eigenvalue weighted by Crippen LogP contribution is -2.53. The van der Waals surface area contributed by atoms with Crippen molar-refractivity contribution in [2.75, 3.05) is 0 Å². The van der Waals surface area contributed by atoms with Gasteiger partial charge in [0, 0.05) is 0 Å². The average molecular weight is 373 g/mol. The molecule has 27 heavy (non-hydrogen) atoms. The van der Waals surface area contributed by atoms with Gasteiger partial charge in [0.05, 0.1) is 0 Å². The zero-order valence-electron chi connectivity index (χ0n) is 19.2. The summed E-state index contributed by atoms with van der Waals surface area (Å²) in [6.07, 6.45) is 19.9. The van der Waals surface area contributed by atoms with Crippen molar-refractivity contribution in [1.29, 1.82) is 0 Å². The third kappa shape index (κ3) is 3.44. The molecule has 0 aliphatic heterocycles. The topological polar surface area (TPSA) is 0 Å². The Bertz CT molecular complexity index is 506. The molecule has 5 unspecified atom stereocenters. The van der Waals surface area contributed by atoms with E-state index in [0.717, 1.165) is 41.4 Å². The Kier molecular flexibility index (Phi) is 5.77. The summed E-state index contributed by atoms with van der Waals surface area (Å²) in [4.78, 5) is 0. The van der Waals surface area contributed by atoms with Crippen molar-refractivity contribution in [2.45, 2.75) is 118 Å². The zero-order chi connectivity index (χ0) is 19.2. The lowest BCUT2D eigenvalue weighted by Gasteiger charge is -2.61. The van der Waals surface area contributed by atoms with E-state index in [4.69, 9.17) is 0 Å². The highest BCUT2D eigenvalue weighted by Gasteiger charge is 2.59. The molecule has 156 valence electrons. The Morgan fingerprint density at radius 2 is 1.52 bits per heavy atom. The van der Waals surface area contributed by atoms with Crippen LogP contribution < -0.4 is 0 Å². The molecule has 4 aliphatic rings. The SMILES string of the molecule is CC(C)CCCC(C)[C@H]1CCC2C3CCC4CCCC[C@]4(C)C3CC[C@@]21C. The summed E-state index contributed by atoms with van der Waals surface area (Å²) in [5, 5.41) is 0. The van der Waals surface area contributed by atoms with Crippen molar-refractivity contribution in [3.05, 3.63) is 0 Å². The molecule has 4 aliphatic carbocycles. The van der Waals surface area contributed by atoms with Crippen molar-refractivity contribution in [3.63, 3.8) is 0 Å². The number of hydrogen-bond donors (Lipinski definition) is 0. The van der Waals surface area contributed by atoms with Gasteiger partial charge >= 0.3 is 0 Å². The van der Waals surface area contributed by atoms with Gasteiger partial charge in [0.25, 0.3) is 0 Å². The Labute approximate surface area is 170 Å². The minimum atomic E-state index is 0.677. The molecule has 4 saturated carbocycles. The maximum Gasteiger partial charge on any atom is -0.0264 e. The van der Waals surface area contributed by atoms with Crippen LogP contribution in [0.5, 0.6) is 0 Å². The fourth-order valence-corrected chi connectivity index (χ4v) is 9.32. The van der Waals surface area contributed by atoms with Gasteiger partial charge in [0.15, 0.2) is 0 Å². The molecule has 0 heterocycles. The number of hydrogen-bond acceptors (Lipinski definition) is 0. The molecule has 0 nitrogen and oxygen atoms in total. The van der Waals surface area contributed by atoms with E-state index in [2.05, 4.69) is 34.6 Å². The fraction of sp³-hybridized carbons (Fsp3) is 1.00. The summed E-state index contributed by atoms with van der Waals surface area (Å²) in [7, 11) is 0. The largest absolute Gasteiger partial charge is 0.0628 e. The predicted octanol–water partition coefficient (Wildman–Crippen LogP) is 8.50.